The Balaban J connectivity index is 1.79. The van der Waals surface area contributed by atoms with E-state index in [1.54, 1.807) is 12.4 Å². The molecule has 0 saturated carbocycles. The van der Waals surface area contributed by atoms with E-state index >= 15 is 0 Å². The molecule has 3 rings (SSSR count). The first-order chi connectivity index (χ1) is 11.6. The quantitative estimate of drug-likeness (QED) is 0.701. The van der Waals surface area contributed by atoms with Crippen molar-refractivity contribution in [1.82, 2.24) is 4.98 Å². The van der Waals surface area contributed by atoms with Crippen molar-refractivity contribution in [2.45, 2.75) is 0 Å². The molecule has 120 valence electrons. The van der Waals surface area contributed by atoms with Gasteiger partial charge in [0.1, 0.15) is 0 Å². The van der Waals surface area contributed by atoms with E-state index in [0.29, 0.717) is 5.56 Å². The maximum atomic E-state index is 12.4. The number of carbonyl (C=O) groups excluding carboxylic acids is 1. The van der Waals surface area contributed by atoms with Crippen LogP contribution >= 0.6 is 15.9 Å². The molecule has 3 aromatic rings. The van der Waals surface area contributed by atoms with Crippen molar-refractivity contribution < 1.29 is 4.79 Å². The lowest BCUT2D eigenvalue weighted by atomic mass is 10.2. The maximum absolute atomic E-state index is 12.4. The Hall–Kier alpha value is -2.66. The number of pyridine rings is 1. The third-order valence-corrected chi connectivity index (χ3v) is 4.15. The number of para-hydroxylation sites is 1. The van der Waals surface area contributed by atoms with Crippen LogP contribution in [0.1, 0.15) is 10.4 Å². The first kappa shape index (κ1) is 16.2. The fourth-order valence-corrected chi connectivity index (χ4v) is 2.54. The Labute approximate surface area is 149 Å². The number of rotatable bonds is 4. The molecule has 1 heterocycles. The fraction of sp³-hybridized carbons (Fsp3) is 0.0526. The van der Waals surface area contributed by atoms with Crippen LogP contribution in [0.15, 0.2) is 77.5 Å². The summed E-state index contributed by atoms with van der Waals surface area (Å²) in [6.07, 6.45) is 3.31. The van der Waals surface area contributed by atoms with E-state index in [2.05, 4.69) is 26.2 Å². The Morgan fingerprint density at radius 3 is 2.42 bits per heavy atom. The van der Waals surface area contributed by atoms with Crippen molar-refractivity contribution in [3.05, 3.63) is 83.1 Å². The van der Waals surface area contributed by atoms with E-state index in [1.165, 1.54) is 0 Å². The third kappa shape index (κ3) is 3.81. The van der Waals surface area contributed by atoms with E-state index < -0.39 is 0 Å². The highest BCUT2D eigenvalue weighted by Crippen LogP contribution is 2.23. The van der Waals surface area contributed by atoms with E-state index in [4.69, 9.17) is 0 Å². The molecule has 1 N–H and O–H groups in total. The molecule has 5 heteroatoms. The van der Waals surface area contributed by atoms with Gasteiger partial charge in [-0.05, 0) is 42.5 Å². The van der Waals surface area contributed by atoms with Crippen LogP contribution in [0.4, 0.5) is 17.1 Å². The minimum atomic E-state index is -0.187. The van der Waals surface area contributed by atoms with Gasteiger partial charge >= 0.3 is 0 Å². The first-order valence-electron chi connectivity index (χ1n) is 7.44. The molecule has 0 aliphatic rings. The molecule has 1 aromatic heterocycles. The molecule has 2 aromatic carbocycles. The predicted molar refractivity (Wildman–Crippen MR) is 101 cm³/mol. The highest BCUT2D eigenvalue weighted by atomic mass is 79.9. The van der Waals surface area contributed by atoms with Crippen LogP contribution in [0, 0.1) is 0 Å². The van der Waals surface area contributed by atoms with Gasteiger partial charge < -0.3 is 10.2 Å². The van der Waals surface area contributed by atoms with E-state index in [-0.39, 0.29) is 5.91 Å². The lowest BCUT2D eigenvalue weighted by molar-refractivity contribution is 0.102. The largest absolute Gasteiger partial charge is 0.343 e. The summed E-state index contributed by atoms with van der Waals surface area (Å²) in [6, 6.07) is 19.2. The monoisotopic (exact) mass is 381 g/mol. The molecule has 0 spiro atoms. The number of nitrogens with one attached hydrogen (secondary N) is 1. The van der Waals surface area contributed by atoms with Gasteiger partial charge in [-0.25, -0.2) is 0 Å². The maximum Gasteiger partial charge on any atom is 0.257 e. The number of carbonyl (C=O) groups is 1. The van der Waals surface area contributed by atoms with Gasteiger partial charge in [0.05, 0.1) is 17.4 Å². The standard InChI is InChI=1S/C19H16BrN3O/c1-23(17-5-3-2-4-6-17)18-11-14(12-21-13-18)19(24)22-16-9-7-15(20)8-10-16/h2-13H,1H3,(H,22,24). The average molecular weight is 382 g/mol. The molecule has 24 heavy (non-hydrogen) atoms. The van der Waals surface area contributed by atoms with Crippen molar-refractivity contribution in [2.75, 3.05) is 17.3 Å². The topological polar surface area (TPSA) is 45.2 Å². The summed E-state index contributed by atoms with van der Waals surface area (Å²) in [5.74, 6) is -0.187. The van der Waals surface area contributed by atoms with Crippen LogP contribution < -0.4 is 10.2 Å². The van der Waals surface area contributed by atoms with Crippen molar-refractivity contribution >= 4 is 38.9 Å². The fourth-order valence-electron chi connectivity index (χ4n) is 2.27. The molecule has 0 bridgehead atoms. The number of halogens is 1. The Kier molecular flexibility index (Phi) is 4.91. The van der Waals surface area contributed by atoms with Crippen molar-refractivity contribution in [3.8, 4) is 0 Å². The lowest BCUT2D eigenvalue weighted by Crippen LogP contribution is -2.14. The summed E-state index contributed by atoms with van der Waals surface area (Å²) in [5, 5.41) is 2.87. The summed E-state index contributed by atoms with van der Waals surface area (Å²) < 4.78 is 0.966. The van der Waals surface area contributed by atoms with Crippen LogP contribution in [-0.2, 0) is 0 Å². The van der Waals surface area contributed by atoms with Gasteiger partial charge in [-0.1, -0.05) is 34.1 Å². The van der Waals surface area contributed by atoms with Gasteiger partial charge in [-0.2, -0.15) is 0 Å². The summed E-state index contributed by atoms with van der Waals surface area (Å²) in [6.45, 7) is 0. The van der Waals surface area contributed by atoms with Crippen LogP contribution in [0.3, 0.4) is 0 Å². The molecule has 1 amide bonds. The van der Waals surface area contributed by atoms with Gasteiger partial charge in [0, 0.05) is 29.1 Å². The second-order valence-electron chi connectivity index (χ2n) is 5.29. The van der Waals surface area contributed by atoms with Crippen LogP contribution in [0.2, 0.25) is 0 Å². The Morgan fingerprint density at radius 1 is 1.00 bits per heavy atom. The van der Waals surface area contributed by atoms with E-state index in [9.17, 15) is 4.79 Å². The zero-order valence-corrected chi connectivity index (χ0v) is 14.7. The zero-order chi connectivity index (χ0) is 16.9. The highest BCUT2D eigenvalue weighted by Gasteiger charge is 2.10. The average Bonchev–Trinajstić information content (AvgIpc) is 2.64. The normalized spacial score (nSPS) is 10.2. The molecule has 0 fully saturated rings. The van der Waals surface area contributed by atoms with E-state index in [0.717, 1.165) is 21.5 Å². The second kappa shape index (κ2) is 7.27. The molecule has 0 radical (unpaired) electrons. The summed E-state index contributed by atoms with van der Waals surface area (Å²) in [4.78, 5) is 18.6. The number of aromatic nitrogens is 1. The predicted octanol–water partition coefficient (Wildman–Crippen LogP) is 4.86. The van der Waals surface area contributed by atoms with Gasteiger partial charge in [0.2, 0.25) is 0 Å². The summed E-state index contributed by atoms with van der Waals surface area (Å²) >= 11 is 3.38. The van der Waals surface area contributed by atoms with Crippen LogP contribution in [0.25, 0.3) is 0 Å². The second-order valence-corrected chi connectivity index (χ2v) is 6.20. The molecule has 0 unspecified atom stereocenters. The van der Waals surface area contributed by atoms with Gasteiger partial charge in [-0.3, -0.25) is 9.78 Å². The van der Waals surface area contributed by atoms with Crippen LogP contribution in [-0.4, -0.2) is 17.9 Å². The Bertz CT molecular complexity index is 835. The number of amides is 1. The smallest absolute Gasteiger partial charge is 0.257 e. The molecule has 0 aliphatic heterocycles. The number of nitrogens with zero attached hydrogens (tertiary/aromatic N) is 2. The SMILES string of the molecule is CN(c1ccccc1)c1cncc(C(=O)Nc2ccc(Br)cc2)c1. The summed E-state index contributed by atoms with van der Waals surface area (Å²) in [7, 11) is 1.95. The number of benzene rings is 2. The molecule has 0 atom stereocenters. The molecule has 4 nitrogen and oxygen atoms in total. The van der Waals surface area contributed by atoms with Crippen LogP contribution in [0.5, 0.6) is 0 Å². The van der Waals surface area contributed by atoms with Crippen molar-refractivity contribution in [3.63, 3.8) is 0 Å². The number of anilines is 3. The third-order valence-electron chi connectivity index (χ3n) is 3.62. The van der Waals surface area contributed by atoms with Gasteiger partial charge in [0.25, 0.3) is 5.91 Å². The van der Waals surface area contributed by atoms with Crippen molar-refractivity contribution in [2.24, 2.45) is 0 Å². The highest BCUT2D eigenvalue weighted by molar-refractivity contribution is 9.10. The molecular weight excluding hydrogens is 366 g/mol. The molecule has 0 aliphatic carbocycles. The zero-order valence-electron chi connectivity index (χ0n) is 13.1. The molecular formula is C19H16BrN3O. The number of hydrogen-bond acceptors (Lipinski definition) is 3. The number of hydrogen-bond donors (Lipinski definition) is 1. The van der Waals surface area contributed by atoms with Gasteiger partial charge in [-0.15, -0.1) is 0 Å². The molecule has 0 saturated heterocycles. The van der Waals surface area contributed by atoms with Gasteiger partial charge in [0.15, 0.2) is 0 Å². The van der Waals surface area contributed by atoms with Crippen molar-refractivity contribution in [1.29, 1.82) is 0 Å². The lowest BCUT2D eigenvalue weighted by Gasteiger charge is -2.19. The minimum absolute atomic E-state index is 0.187. The summed E-state index contributed by atoms with van der Waals surface area (Å²) in [5.41, 5.74) is 3.14. The first-order valence-corrected chi connectivity index (χ1v) is 8.23. The van der Waals surface area contributed by atoms with E-state index in [1.807, 2.05) is 72.6 Å². The minimum Gasteiger partial charge on any atom is -0.343 e. The Morgan fingerprint density at radius 2 is 1.71 bits per heavy atom.